The highest BCUT2D eigenvalue weighted by Gasteiger charge is 2.39. The molecule has 0 fully saturated rings. The van der Waals surface area contributed by atoms with Crippen LogP contribution in [0.4, 0.5) is 13.2 Å². The lowest BCUT2D eigenvalue weighted by molar-refractivity contribution is -0.207. The minimum atomic E-state index is -4.95. The second-order valence-electron chi connectivity index (χ2n) is 7.93. The van der Waals surface area contributed by atoms with Crippen LogP contribution in [0.25, 0.3) is 17.1 Å². The second-order valence-corrected chi connectivity index (χ2v) is 8.77. The van der Waals surface area contributed by atoms with Crippen molar-refractivity contribution < 1.29 is 23.1 Å². The minimum Gasteiger partial charge on any atom is -0.382 e. The zero-order valence-corrected chi connectivity index (χ0v) is 20.7. The number of carbonyl (C=O) groups excluding carboxylic acids is 1. The third kappa shape index (κ3) is 5.60. The van der Waals surface area contributed by atoms with Gasteiger partial charge in [0.15, 0.2) is 29.4 Å². The maximum Gasteiger partial charge on any atom is 0.416 e. The number of nitrogens with zero attached hydrogens (tertiary/aromatic N) is 6. The van der Waals surface area contributed by atoms with Gasteiger partial charge in [-0.3, -0.25) is 9.36 Å². The van der Waals surface area contributed by atoms with E-state index < -0.39 is 24.5 Å². The molecule has 0 radical (unpaired) electrons. The summed E-state index contributed by atoms with van der Waals surface area (Å²) in [5.41, 5.74) is -0.260. The summed E-state index contributed by atoms with van der Waals surface area (Å²) in [6, 6.07) is 12.6. The number of benzene rings is 2. The van der Waals surface area contributed by atoms with E-state index in [1.54, 1.807) is 31.2 Å². The van der Waals surface area contributed by atoms with Crippen LogP contribution in [0.3, 0.4) is 0 Å². The molecule has 1 atom stereocenters. The van der Waals surface area contributed by atoms with Crippen LogP contribution in [-0.2, 0) is 13.1 Å². The van der Waals surface area contributed by atoms with Crippen LogP contribution in [0, 0.1) is 0 Å². The average Bonchev–Trinajstić information content (AvgIpc) is 3.40. The molecule has 4 rings (SSSR count). The zero-order valence-electron chi connectivity index (χ0n) is 19.2. The van der Waals surface area contributed by atoms with Gasteiger partial charge in [0.25, 0.3) is 0 Å². The molecule has 0 aliphatic heterocycles. The fourth-order valence-electron chi connectivity index (χ4n) is 3.48. The minimum absolute atomic E-state index is 0.00231. The molecule has 1 N–H and O–H groups in total. The molecule has 194 valence electrons. The van der Waals surface area contributed by atoms with Gasteiger partial charge in [0.2, 0.25) is 0 Å². The average molecular weight is 555 g/mol. The van der Waals surface area contributed by atoms with E-state index in [0.717, 1.165) is 4.68 Å². The van der Waals surface area contributed by atoms with Crippen molar-refractivity contribution in [3.05, 3.63) is 80.7 Å². The molecular weight excluding hydrogens is 536 g/mol. The number of para-hydroxylation sites is 1. The van der Waals surface area contributed by atoms with Crippen LogP contribution in [0.1, 0.15) is 29.8 Å². The molecule has 2 aromatic carbocycles. The number of aromatic nitrogens is 6. The number of aliphatic hydroxyl groups is 1. The molecule has 0 aliphatic carbocycles. The van der Waals surface area contributed by atoms with Crippen molar-refractivity contribution in [2.45, 2.75) is 38.7 Å². The summed E-state index contributed by atoms with van der Waals surface area (Å²) in [7, 11) is 0. The van der Waals surface area contributed by atoms with Crippen LogP contribution in [0.5, 0.6) is 0 Å². The summed E-state index contributed by atoms with van der Waals surface area (Å²) in [4.78, 5) is 29.9. The van der Waals surface area contributed by atoms with Crippen molar-refractivity contribution in [1.29, 1.82) is 0 Å². The number of alkyl halides is 3. The van der Waals surface area contributed by atoms with Crippen molar-refractivity contribution in [3.63, 3.8) is 0 Å². The van der Waals surface area contributed by atoms with Gasteiger partial charge >= 0.3 is 11.9 Å². The Balaban J connectivity index is 1.79. The third-order valence-electron chi connectivity index (χ3n) is 5.35. The number of halogens is 5. The number of rotatable bonds is 8. The Morgan fingerprint density at radius 1 is 1.08 bits per heavy atom. The molecule has 9 nitrogen and oxygen atoms in total. The maximum atomic E-state index is 13.1. The van der Waals surface area contributed by atoms with Crippen molar-refractivity contribution in [2.75, 3.05) is 0 Å². The smallest absolute Gasteiger partial charge is 0.382 e. The fraction of sp³-hybridized carbons (Fsp3) is 0.261. The molecule has 0 spiro atoms. The lowest BCUT2D eigenvalue weighted by atomic mass is 10.2. The zero-order chi connectivity index (χ0) is 26.9. The van der Waals surface area contributed by atoms with Gasteiger partial charge in [-0.15, -0.1) is 10.2 Å². The largest absolute Gasteiger partial charge is 0.416 e. The van der Waals surface area contributed by atoms with Gasteiger partial charge in [0.05, 0.1) is 17.3 Å². The number of hydrogen-bond donors (Lipinski definition) is 1. The van der Waals surface area contributed by atoms with Crippen LogP contribution in [0.15, 0.2) is 53.3 Å². The molecule has 2 aromatic heterocycles. The molecule has 4 aromatic rings. The first-order chi connectivity index (χ1) is 17.5. The fourth-order valence-corrected chi connectivity index (χ4v) is 3.83. The summed E-state index contributed by atoms with van der Waals surface area (Å²) >= 11 is 12.2. The molecule has 0 saturated heterocycles. The monoisotopic (exact) mass is 554 g/mol. The lowest BCUT2D eigenvalue weighted by Gasteiger charge is -2.15. The molecule has 37 heavy (non-hydrogen) atoms. The summed E-state index contributed by atoms with van der Waals surface area (Å²) in [6.45, 7) is 0.196. The molecule has 0 bridgehead atoms. The predicted molar refractivity (Wildman–Crippen MR) is 129 cm³/mol. The van der Waals surface area contributed by atoms with E-state index in [-0.39, 0.29) is 36.2 Å². The molecule has 0 aliphatic rings. The Morgan fingerprint density at radius 2 is 1.76 bits per heavy atom. The number of Topliss-reactive ketones (excluding diaryl/α,β-unsaturated/α-hetero) is 1. The standard InChI is InChI=1S/C23H19Cl2F3N6O3/c1-2-17(35)21-29-19(30-34(21)16-6-4-3-5-15(16)25)12-33-22(37)32(11-18(36)23(26,27)28)20(31-33)13-7-9-14(24)10-8-13/h3-10,18,36H,2,11-12H2,1H3. The van der Waals surface area contributed by atoms with E-state index in [2.05, 4.69) is 15.2 Å². The number of carbonyl (C=O) groups is 1. The Bertz CT molecular complexity index is 1490. The highest BCUT2D eigenvalue weighted by atomic mass is 35.5. The van der Waals surface area contributed by atoms with Gasteiger partial charge < -0.3 is 5.11 Å². The molecular formula is C23H19Cl2F3N6O3. The highest BCUT2D eigenvalue weighted by Crippen LogP contribution is 2.25. The Hall–Kier alpha value is -3.48. The predicted octanol–water partition coefficient (Wildman–Crippen LogP) is 4.16. The van der Waals surface area contributed by atoms with Gasteiger partial charge in [0, 0.05) is 17.0 Å². The Labute approximate surface area is 217 Å². The van der Waals surface area contributed by atoms with Gasteiger partial charge in [-0.05, 0) is 36.4 Å². The molecule has 2 heterocycles. The van der Waals surface area contributed by atoms with Crippen molar-refractivity contribution in [2.24, 2.45) is 0 Å². The van der Waals surface area contributed by atoms with E-state index in [1.165, 1.54) is 28.9 Å². The SMILES string of the molecule is CCC(=O)c1nc(Cn2nc(-c3ccc(Cl)cc3)n(CC(O)C(F)(F)F)c2=O)nn1-c1ccccc1Cl. The first-order valence-corrected chi connectivity index (χ1v) is 11.7. The topological polar surface area (TPSA) is 108 Å². The van der Waals surface area contributed by atoms with Crippen LogP contribution < -0.4 is 5.69 Å². The van der Waals surface area contributed by atoms with Gasteiger partial charge in [-0.2, -0.15) is 13.2 Å². The summed E-state index contributed by atoms with van der Waals surface area (Å²) in [6.07, 6.45) is -7.64. The van der Waals surface area contributed by atoms with Crippen molar-refractivity contribution in [3.8, 4) is 17.1 Å². The summed E-state index contributed by atoms with van der Waals surface area (Å²) < 4.78 is 42.1. The van der Waals surface area contributed by atoms with Crippen molar-refractivity contribution >= 4 is 29.0 Å². The first kappa shape index (κ1) is 26.6. The van der Waals surface area contributed by atoms with E-state index in [9.17, 15) is 27.9 Å². The number of ketones is 1. The molecule has 0 amide bonds. The normalized spacial score (nSPS) is 12.6. The molecule has 14 heteroatoms. The second kappa shape index (κ2) is 10.5. The Kier molecular flexibility index (Phi) is 7.53. The van der Waals surface area contributed by atoms with E-state index >= 15 is 0 Å². The molecule has 0 saturated carbocycles. The number of hydrogen-bond acceptors (Lipinski definition) is 6. The van der Waals surface area contributed by atoms with Crippen LogP contribution in [0.2, 0.25) is 10.0 Å². The summed E-state index contributed by atoms with van der Waals surface area (Å²) in [5, 5.41) is 18.8. The van der Waals surface area contributed by atoms with Gasteiger partial charge in [-0.1, -0.05) is 42.3 Å². The quantitative estimate of drug-likeness (QED) is 0.327. The van der Waals surface area contributed by atoms with Crippen molar-refractivity contribution in [1.82, 2.24) is 29.1 Å². The van der Waals surface area contributed by atoms with E-state index in [0.29, 0.717) is 25.9 Å². The van der Waals surface area contributed by atoms with Gasteiger partial charge in [-0.25, -0.2) is 19.1 Å². The van der Waals surface area contributed by atoms with Gasteiger partial charge in [0.1, 0.15) is 6.54 Å². The molecule has 1 unspecified atom stereocenters. The number of aliphatic hydroxyl groups excluding tert-OH is 1. The summed E-state index contributed by atoms with van der Waals surface area (Å²) in [5.74, 6) is -0.488. The van der Waals surface area contributed by atoms with E-state index in [1.807, 2.05) is 0 Å². The third-order valence-corrected chi connectivity index (χ3v) is 5.92. The first-order valence-electron chi connectivity index (χ1n) is 10.9. The van der Waals surface area contributed by atoms with Crippen LogP contribution >= 0.6 is 23.2 Å². The Morgan fingerprint density at radius 3 is 2.38 bits per heavy atom. The van der Waals surface area contributed by atoms with Crippen LogP contribution in [-0.4, -0.2) is 52.3 Å². The maximum absolute atomic E-state index is 13.1. The lowest BCUT2D eigenvalue weighted by Crippen LogP contribution is -2.37. The van der Waals surface area contributed by atoms with E-state index in [4.69, 9.17) is 23.2 Å². The highest BCUT2D eigenvalue weighted by molar-refractivity contribution is 6.32.